The highest BCUT2D eigenvalue weighted by atomic mass is 35.5. The molecule has 0 saturated heterocycles. The minimum Gasteiger partial charge on any atom is -0.373 e. The van der Waals surface area contributed by atoms with Crippen molar-refractivity contribution in [2.24, 2.45) is 0 Å². The van der Waals surface area contributed by atoms with Crippen LogP contribution in [0.25, 0.3) is 0 Å². The topological polar surface area (TPSA) is 54.0 Å². The molecule has 1 aromatic carbocycles. The first-order chi connectivity index (χ1) is 9.69. The number of carbonyl (C=O) groups is 1. The highest BCUT2D eigenvalue weighted by Gasteiger charge is 2.08. The zero-order valence-electron chi connectivity index (χ0n) is 11.2. The van der Waals surface area contributed by atoms with E-state index in [1.165, 1.54) is 5.56 Å². The van der Waals surface area contributed by atoms with Gasteiger partial charge in [-0.1, -0.05) is 41.9 Å². The number of carbonyl (C=O) groups excluding carboxylic acids is 1. The fourth-order valence-corrected chi connectivity index (χ4v) is 2.03. The molecule has 0 aliphatic carbocycles. The first-order valence-electron chi connectivity index (χ1n) is 6.36. The van der Waals surface area contributed by atoms with Crippen molar-refractivity contribution in [3.63, 3.8) is 0 Å². The van der Waals surface area contributed by atoms with E-state index in [9.17, 15) is 4.79 Å². The summed E-state index contributed by atoms with van der Waals surface area (Å²) in [4.78, 5) is 16.1. The number of benzene rings is 1. The van der Waals surface area contributed by atoms with E-state index in [1.807, 2.05) is 30.3 Å². The Morgan fingerprint density at radius 1 is 1.25 bits per heavy atom. The van der Waals surface area contributed by atoms with Crippen molar-refractivity contribution >= 4 is 23.3 Å². The molecule has 104 valence electrons. The second-order valence-corrected chi connectivity index (χ2v) is 4.69. The average Bonchev–Trinajstić information content (AvgIpc) is 2.47. The fourth-order valence-electron chi connectivity index (χ4n) is 1.82. The van der Waals surface area contributed by atoms with Gasteiger partial charge in [0, 0.05) is 19.2 Å². The molecule has 2 rings (SSSR count). The van der Waals surface area contributed by atoms with Gasteiger partial charge in [0.15, 0.2) is 0 Å². The van der Waals surface area contributed by atoms with Crippen molar-refractivity contribution in [3.8, 4) is 0 Å². The Kier molecular flexibility index (Phi) is 4.96. The summed E-state index contributed by atoms with van der Waals surface area (Å²) >= 11 is 5.87. The lowest BCUT2D eigenvalue weighted by Gasteiger charge is -2.07. The van der Waals surface area contributed by atoms with Crippen LogP contribution in [0.15, 0.2) is 42.5 Å². The Morgan fingerprint density at radius 3 is 2.70 bits per heavy atom. The summed E-state index contributed by atoms with van der Waals surface area (Å²) in [6, 6.07) is 13.2. The SMILES string of the molecule is CNc1cc(C(=O)NCCc2ccccc2)cc(Cl)n1. The van der Waals surface area contributed by atoms with E-state index in [-0.39, 0.29) is 5.91 Å². The molecule has 0 atom stereocenters. The number of amides is 1. The third kappa shape index (κ3) is 3.96. The number of rotatable bonds is 5. The number of nitrogens with zero attached hydrogens (tertiary/aromatic N) is 1. The summed E-state index contributed by atoms with van der Waals surface area (Å²) in [5.41, 5.74) is 1.69. The standard InChI is InChI=1S/C15H16ClN3O/c1-17-14-10-12(9-13(16)19-14)15(20)18-8-7-11-5-3-2-4-6-11/h2-6,9-10H,7-8H2,1H3,(H,17,19)(H,18,20). The average molecular weight is 290 g/mol. The fraction of sp³-hybridized carbons (Fsp3) is 0.200. The molecule has 1 amide bonds. The number of hydrogen-bond donors (Lipinski definition) is 2. The van der Waals surface area contributed by atoms with Gasteiger partial charge < -0.3 is 10.6 Å². The van der Waals surface area contributed by atoms with Gasteiger partial charge in [0.2, 0.25) is 0 Å². The zero-order valence-corrected chi connectivity index (χ0v) is 11.9. The van der Waals surface area contributed by atoms with E-state index in [1.54, 1.807) is 19.2 Å². The van der Waals surface area contributed by atoms with Crippen LogP contribution in [-0.2, 0) is 6.42 Å². The molecular formula is C15H16ClN3O. The van der Waals surface area contributed by atoms with Crippen LogP contribution in [0.2, 0.25) is 5.15 Å². The van der Waals surface area contributed by atoms with Crippen molar-refractivity contribution in [1.82, 2.24) is 10.3 Å². The number of hydrogen-bond acceptors (Lipinski definition) is 3. The van der Waals surface area contributed by atoms with Gasteiger partial charge in [-0.25, -0.2) is 4.98 Å². The minimum atomic E-state index is -0.151. The molecule has 1 heterocycles. The molecule has 20 heavy (non-hydrogen) atoms. The molecule has 5 heteroatoms. The molecule has 4 nitrogen and oxygen atoms in total. The summed E-state index contributed by atoms with van der Waals surface area (Å²) < 4.78 is 0. The Bertz CT molecular complexity index is 587. The third-order valence-corrected chi connectivity index (χ3v) is 3.05. The molecule has 1 aromatic heterocycles. The lowest BCUT2D eigenvalue weighted by molar-refractivity contribution is 0.0954. The summed E-state index contributed by atoms with van der Waals surface area (Å²) in [7, 11) is 1.73. The number of anilines is 1. The monoisotopic (exact) mass is 289 g/mol. The van der Waals surface area contributed by atoms with Crippen molar-refractivity contribution in [1.29, 1.82) is 0 Å². The lowest BCUT2D eigenvalue weighted by Crippen LogP contribution is -2.25. The molecule has 2 aromatic rings. The van der Waals surface area contributed by atoms with Gasteiger partial charge in [0.05, 0.1) is 0 Å². The van der Waals surface area contributed by atoms with Gasteiger partial charge in [0.25, 0.3) is 5.91 Å². The molecule has 0 unspecified atom stereocenters. The van der Waals surface area contributed by atoms with Gasteiger partial charge in [0.1, 0.15) is 11.0 Å². The maximum absolute atomic E-state index is 12.0. The van der Waals surface area contributed by atoms with Crippen LogP contribution < -0.4 is 10.6 Å². The second-order valence-electron chi connectivity index (χ2n) is 4.31. The van der Waals surface area contributed by atoms with E-state index in [0.29, 0.717) is 23.1 Å². The van der Waals surface area contributed by atoms with E-state index < -0.39 is 0 Å². The molecule has 0 radical (unpaired) electrons. The predicted octanol–water partition coefficient (Wildman–Crippen LogP) is 2.75. The Hall–Kier alpha value is -2.07. The molecule has 0 bridgehead atoms. The maximum Gasteiger partial charge on any atom is 0.251 e. The Labute approximate surface area is 123 Å². The summed E-state index contributed by atoms with van der Waals surface area (Å²) in [5.74, 6) is 0.424. The summed E-state index contributed by atoms with van der Waals surface area (Å²) in [6.07, 6.45) is 0.796. The van der Waals surface area contributed by atoms with Crippen LogP contribution in [0.4, 0.5) is 5.82 Å². The molecule has 0 fully saturated rings. The van der Waals surface area contributed by atoms with Gasteiger partial charge in [-0.2, -0.15) is 0 Å². The van der Waals surface area contributed by atoms with Crippen molar-refractivity contribution in [3.05, 3.63) is 58.7 Å². The van der Waals surface area contributed by atoms with Gasteiger partial charge in [-0.05, 0) is 24.1 Å². The zero-order chi connectivity index (χ0) is 14.4. The van der Waals surface area contributed by atoms with E-state index in [0.717, 1.165) is 6.42 Å². The normalized spacial score (nSPS) is 10.1. The van der Waals surface area contributed by atoms with Gasteiger partial charge >= 0.3 is 0 Å². The van der Waals surface area contributed by atoms with Crippen molar-refractivity contribution in [2.45, 2.75) is 6.42 Å². The van der Waals surface area contributed by atoms with Crippen molar-refractivity contribution in [2.75, 3.05) is 18.9 Å². The lowest BCUT2D eigenvalue weighted by atomic mass is 10.1. The quantitative estimate of drug-likeness (QED) is 0.832. The highest BCUT2D eigenvalue weighted by Crippen LogP contribution is 2.14. The molecule has 2 N–H and O–H groups in total. The van der Waals surface area contributed by atoms with Gasteiger partial charge in [-0.3, -0.25) is 4.79 Å². The van der Waals surface area contributed by atoms with Crippen molar-refractivity contribution < 1.29 is 4.79 Å². The van der Waals surface area contributed by atoms with Crippen LogP contribution in [0.3, 0.4) is 0 Å². The molecule has 0 saturated carbocycles. The van der Waals surface area contributed by atoms with Gasteiger partial charge in [-0.15, -0.1) is 0 Å². The van der Waals surface area contributed by atoms with Crippen LogP contribution in [0, 0.1) is 0 Å². The summed E-state index contributed by atoms with van der Waals surface area (Å²) in [6.45, 7) is 0.581. The van der Waals surface area contributed by atoms with Crippen LogP contribution in [0.1, 0.15) is 15.9 Å². The van der Waals surface area contributed by atoms with Crippen LogP contribution >= 0.6 is 11.6 Å². The number of aromatic nitrogens is 1. The molecule has 0 spiro atoms. The van der Waals surface area contributed by atoms with Crippen LogP contribution in [-0.4, -0.2) is 24.5 Å². The number of halogens is 1. The largest absolute Gasteiger partial charge is 0.373 e. The van der Waals surface area contributed by atoms with E-state index >= 15 is 0 Å². The van der Waals surface area contributed by atoms with E-state index in [4.69, 9.17) is 11.6 Å². The Balaban J connectivity index is 1.93. The smallest absolute Gasteiger partial charge is 0.251 e. The maximum atomic E-state index is 12.0. The molecular weight excluding hydrogens is 274 g/mol. The second kappa shape index (κ2) is 6.91. The highest BCUT2D eigenvalue weighted by molar-refractivity contribution is 6.29. The number of pyridine rings is 1. The predicted molar refractivity (Wildman–Crippen MR) is 81.3 cm³/mol. The van der Waals surface area contributed by atoms with Crippen LogP contribution in [0.5, 0.6) is 0 Å². The summed E-state index contributed by atoms with van der Waals surface area (Å²) in [5, 5.41) is 6.04. The number of nitrogens with one attached hydrogen (secondary N) is 2. The third-order valence-electron chi connectivity index (χ3n) is 2.85. The molecule has 0 aliphatic heterocycles. The first kappa shape index (κ1) is 14.3. The minimum absolute atomic E-state index is 0.151. The Morgan fingerprint density at radius 2 is 2.00 bits per heavy atom. The molecule has 0 aliphatic rings. The first-order valence-corrected chi connectivity index (χ1v) is 6.74. The van der Waals surface area contributed by atoms with E-state index in [2.05, 4.69) is 15.6 Å².